The summed E-state index contributed by atoms with van der Waals surface area (Å²) >= 11 is 5.25. The van der Waals surface area contributed by atoms with Crippen molar-refractivity contribution < 1.29 is 9.59 Å². The fourth-order valence-corrected chi connectivity index (χ4v) is 1.00. The third-order valence-corrected chi connectivity index (χ3v) is 1.74. The molecule has 0 saturated carbocycles. The Morgan fingerprint density at radius 2 is 2.21 bits per heavy atom. The molecular weight excluding hydrogens is 204 g/mol. The predicted octanol–water partition coefficient (Wildman–Crippen LogP) is 1.36. The molecule has 3 amide bonds. The van der Waals surface area contributed by atoms with Crippen molar-refractivity contribution in [2.45, 2.75) is 13.3 Å². The molecule has 0 fully saturated rings. The minimum atomic E-state index is -0.484. The van der Waals surface area contributed by atoms with Gasteiger partial charge in [-0.1, -0.05) is 13.0 Å². The molecule has 0 unspecified atom stereocenters. The Bertz CT molecular complexity index is 219. The Morgan fingerprint density at radius 3 is 2.64 bits per heavy atom. The van der Waals surface area contributed by atoms with Crippen LogP contribution in [0.3, 0.4) is 0 Å². The van der Waals surface area contributed by atoms with Crippen LogP contribution >= 0.6 is 11.6 Å². The lowest BCUT2D eigenvalue weighted by Gasteiger charge is -2.19. The molecule has 1 N–H and O–H groups in total. The maximum absolute atomic E-state index is 11.4. The molecule has 80 valence electrons. The number of nitrogens with zero attached hydrogens (tertiary/aromatic N) is 1. The molecule has 0 aliphatic heterocycles. The van der Waals surface area contributed by atoms with Crippen LogP contribution in [0.1, 0.15) is 13.3 Å². The highest BCUT2D eigenvalue weighted by Crippen LogP contribution is 1.93. The second kappa shape index (κ2) is 7.38. The van der Waals surface area contributed by atoms with Gasteiger partial charge in [-0.15, -0.1) is 18.2 Å². The van der Waals surface area contributed by atoms with Gasteiger partial charge in [0.05, 0.1) is 0 Å². The first kappa shape index (κ1) is 13.0. The van der Waals surface area contributed by atoms with Crippen LogP contribution in [0.4, 0.5) is 4.79 Å². The molecule has 0 heterocycles. The lowest BCUT2D eigenvalue weighted by molar-refractivity contribution is -0.117. The number of alkyl halides is 1. The van der Waals surface area contributed by atoms with E-state index in [1.165, 1.54) is 4.90 Å². The minimum Gasteiger partial charge on any atom is -0.321 e. The summed E-state index contributed by atoms with van der Waals surface area (Å²) in [6.45, 7) is 6.50. The molecule has 0 aromatic carbocycles. The molecule has 5 heteroatoms. The van der Waals surface area contributed by atoms with Crippen LogP contribution in [0.25, 0.3) is 0 Å². The highest BCUT2D eigenvalue weighted by atomic mass is 35.5. The number of urea groups is 1. The maximum Gasteiger partial charge on any atom is 0.324 e. The fraction of sp³-hybridized carbons (Fsp3) is 0.556. The van der Waals surface area contributed by atoms with E-state index < -0.39 is 11.9 Å². The van der Waals surface area contributed by atoms with E-state index in [0.717, 1.165) is 6.42 Å². The zero-order valence-electron chi connectivity index (χ0n) is 8.25. The molecule has 0 aliphatic rings. The molecule has 0 atom stereocenters. The van der Waals surface area contributed by atoms with Gasteiger partial charge in [0.2, 0.25) is 5.91 Å². The number of hydrogen-bond acceptors (Lipinski definition) is 2. The van der Waals surface area contributed by atoms with Gasteiger partial charge in [0, 0.05) is 13.1 Å². The summed E-state index contributed by atoms with van der Waals surface area (Å²) in [5.74, 6) is -0.693. The number of hydrogen-bond donors (Lipinski definition) is 1. The number of nitrogens with one attached hydrogen (secondary N) is 1. The topological polar surface area (TPSA) is 49.4 Å². The molecule has 0 rings (SSSR count). The number of carbonyl (C=O) groups excluding carboxylic acids is 2. The predicted molar refractivity (Wildman–Crippen MR) is 56.3 cm³/mol. The average molecular weight is 219 g/mol. The molecule has 0 radical (unpaired) electrons. The van der Waals surface area contributed by atoms with Crippen molar-refractivity contribution >= 4 is 23.5 Å². The van der Waals surface area contributed by atoms with Crippen molar-refractivity contribution in [2.24, 2.45) is 0 Å². The lowest BCUT2D eigenvalue weighted by Crippen LogP contribution is -2.43. The van der Waals surface area contributed by atoms with E-state index in [2.05, 4.69) is 11.9 Å². The molecule has 4 nitrogen and oxygen atoms in total. The van der Waals surface area contributed by atoms with Gasteiger partial charge < -0.3 is 4.90 Å². The quantitative estimate of drug-likeness (QED) is 0.560. The van der Waals surface area contributed by atoms with Crippen LogP contribution in [0.5, 0.6) is 0 Å². The van der Waals surface area contributed by atoms with E-state index in [9.17, 15) is 9.59 Å². The molecular formula is C9H15ClN2O2. The standard InChI is InChI=1S/C9H15ClN2O2/c1-3-5-12(6-4-2)9(14)11-8(13)7-10/h3H,1,4-7H2,2H3,(H,11,13,14). The Morgan fingerprint density at radius 1 is 1.57 bits per heavy atom. The second-order valence-electron chi connectivity index (χ2n) is 2.72. The zero-order chi connectivity index (χ0) is 11.0. The first-order valence-corrected chi connectivity index (χ1v) is 4.94. The second-order valence-corrected chi connectivity index (χ2v) is 2.99. The maximum atomic E-state index is 11.4. The summed E-state index contributed by atoms with van der Waals surface area (Å²) in [7, 11) is 0. The lowest BCUT2D eigenvalue weighted by atomic mass is 10.4. The van der Waals surface area contributed by atoms with Crippen LogP contribution < -0.4 is 5.32 Å². The highest BCUT2D eigenvalue weighted by Gasteiger charge is 2.12. The number of imide groups is 1. The number of carbonyl (C=O) groups is 2. The Kier molecular flexibility index (Phi) is 6.84. The smallest absolute Gasteiger partial charge is 0.321 e. The minimum absolute atomic E-state index is 0.209. The van der Waals surface area contributed by atoms with Crippen LogP contribution in [0.15, 0.2) is 12.7 Å². The van der Waals surface area contributed by atoms with E-state index in [-0.39, 0.29) is 5.88 Å². The summed E-state index contributed by atoms with van der Waals surface area (Å²) in [6, 6.07) is -0.419. The summed E-state index contributed by atoms with van der Waals surface area (Å²) in [5.41, 5.74) is 0. The first-order chi connectivity index (χ1) is 6.65. The van der Waals surface area contributed by atoms with E-state index >= 15 is 0 Å². The Labute approximate surface area is 88.9 Å². The summed E-state index contributed by atoms with van der Waals surface area (Å²) in [5, 5.41) is 2.17. The normalized spacial score (nSPS) is 9.29. The van der Waals surface area contributed by atoms with Gasteiger partial charge in [0.15, 0.2) is 0 Å². The molecule has 0 aliphatic carbocycles. The SMILES string of the molecule is C=CCN(CCC)C(=O)NC(=O)CCl. The van der Waals surface area contributed by atoms with Crippen molar-refractivity contribution in [1.82, 2.24) is 10.2 Å². The van der Waals surface area contributed by atoms with Crippen molar-refractivity contribution in [1.29, 1.82) is 0 Å². The van der Waals surface area contributed by atoms with Gasteiger partial charge in [-0.05, 0) is 6.42 Å². The molecule has 0 bridgehead atoms. The average Bonchev–Trinajstić information content (AvgIpc) is 2.17. The van der Waals surface area contributed by atoms with Crippen LogP contribution in [-0.2, 0) is 4.79 Å². The highest BCUT2D eigenvalue weighted by molar-refractivity contribution is 6.28. The third-order valence-electron chi connectivity index (χ3n) is 1.50. The van der Waals surface area contributed by atoms with E-state index in [1.54, 1.807) is 6.08 Å². The van der Waals surface area contributed by atoms with Crippen molar-refractivity contribution in [3.05, 3.63) is 12.7 Å². The Balaban J connectivity index is 4.13. The largest absolute Gasteiger partial charge is 0.324 e. The fourth-order valence-electron chi connectivity index (χ4n) is 0.933. The van der Waals surface area contributed by atoms with Crippen molar-refractivity contribution in [3.8, 4) is 0 Å². The molecule has 14 heavy (non-hydrogen) atoms. The van der Waals surface area contributed by atoms with Gasteiger partial charge in [-0.25, -0.2) is 4.79 Å². The van der Waals surface area contributed by atoms with Crippen molar-refractivity contribution in [3.63, 3.8) is 0 Å². The number of halogens is 1. The number of amides is 3. The van der Waals surface area contributed by atoms with E-state index in [1.807, 2.05) is 6.92 Å². The van der Waals surface area contributed by atoms with Gasteiger partial charge in [-0.2, -0.15) is 0 Å². The van der Waals surface area contributed by atoms with Crippen molar-refractivity contribution in [2.75, 3.05) is 19.0 Å². The van der Waals surface area contributed by atoms with Crippen LogP contribution in [-0.4, -0.2) is 35.8 Å². The van der Waals surface area contributed by atoms with Gasteiger partial charge in [0.25, 0.3) is 0 Å². The monoisotopic (exact) mass is 218 g/mol. The summed E-state index contributed by atoms with van der Waals surface area (Å²) < 4.78 is 0. The Hall–Kier alpha value is -1.03. The molecule has 0 aromatic rings. The van der Waals surface area contributed by atoms with Crippen LogP contribution in [0.2, 0.25) is 0 Å². The van der Waals surface area contributed by atoms with Gasteiger partial charge >= 0.3 is 6.03 Å². The van der Waals surface area contributed by atoms with Gasteiger partial charge in [-0.3, -0.25) is 10.1 Å². The van der Waals surface area contributed by atoms with Gasteiger partial charge in [0.1, 0.15) is 5.88 Å². The van der Waals surface area contributed by atoms with E-state index in [0.29, 0.717) is 13.1 Å². The van der Waals surface area contributed by atoms with Crippen LogP contribution in [0, 0.1) is 0 Å². The first-order valence-electron chi connectivity index (χ1n) is 4.41. The molecule has 0 aromatic heterocycles. The summed E-state index contributed by atoms with van der Waals surface area (Å²) in [6.07, 6.45) is 2.44. The third kappa shape index (κ3) is 4.87. The summed E-state index contributed by atoms with van der Waals surface area (Å²) in [4.78, 5) is 23.7. The van der Waals surface area contributed by atoms with E-state index in [4.69, 9.17) is 11.6 Å². The molecule has 0 spiro atoms. The molecule has 0 saturated heterocycles. The number of rotatable bonds is 5. The zero-order valence-corrected chi connectivity index (χ0v) is 9.01.